The van der Waals surface area contributed by atoms with Crippen molar-refractivity contribution in [3.8, 4) is 0 Å². The monoisotopic (exact) mass is 512 g/mol. The van der Waals surface area contributed by atoms with Gasteiger partial charge in [0, 0.05) is 0 Å². The summed E-state index contributed by atoms with van der Waals surface area (Å²) in [7, 11) is -8.24. The molecule has 0 amide bonds. The van der Waals surface area contributed by atoms with E-state index < -0.39 is 33.8 Å². The number of rotatable bonds is 16. The standard InChI is InChI=1S/C25H52O3Si4/c1-11-12-13-14-15-19-22-31(9,26-29(3,4)5)28-32(10,27-30(6,7)8)23-24(2)25-20-17-16-18-21-25/h16-18,20-21,24H,11-15,19,22-23H2,1-10H3. The summed E-state index contributed by atoms with van der Waals surface area (Å²) < 4.78 is 21.0. The Morgan fingerprint density at radius 3 is 1.69 bits per heavy atom. The van der Waals surface area contributed by atoms with E-state index in [0.29, 0.717) is 5.92 Å². The first kappa shape index (κ1) is 30.0. The Kier molecular flexibility index (Phi) is 12.3. The van der Waals surface area contributed by atoms with E-state index in [1.54, 1.807) is 0 Å². The van der Waals surface area contributed by atoms with Gasteiger partial charge in [0.1, 0.15) is 0 Å². The molecule has 0 aromatic heterocycles. The summed E-state index contributed by atoms with van der Waals surface area (Å²) in [6.45, 7) is 23.0. The van der Waals surface area contributed by atoms with Crippen molar-refractivity contribution in [2.24, 2.45) is 0 Å². The second kappa shape index (κ2) is 13.2. The third-order valence-electron chi connectivity index (χ3n) is 5.51. The predicted octanol–water partition coefficient (Wildman–Crippen LogP) is 9.01. The molecule has 3 atom stereocenters. The van der Waals surface area contributed by atoms with Crippen LogP contribution in [-0.2, 0) is 12.3 Å². The predicted molar refractivity (Wildman–Crippen MR) is 151 cm³/mol. The largest absolute Gasteiger partial charge is 0.437 e. The Morgan fingerprint density at radius 2 is 1.16 bits per heavy atom. The summed E-state index contributed by atoms with van der Waals surface area (Å²) in [6, 6.07) is 12.9. The van der Waals surface area contributed by atoms with Crippen LogP contribution in [0.2, 0.25) is 64.5 Å². The normalized spacial score (nSPS) is 17.6. The van der Waals surface area contributed by atoms with Crippen LogP contribution in [0.15, 0.2) is 30.3 Å². The van der Waals surface area contributed by atoms with E-state index in [0.717, 1.165) is 12.1 Å². The highest BCUT2D eigenvalue weighted by Crippen LogP contribution is 2.35. The third kappa shape index (κ3) is 13.0. The lowest BCUT2D eigenvalue weighted by Crippen LogP contribution is -2.58. The Bertz CT molecular complexity index is 645. The van der Waals surface area contributed by atoms with Crippen molar-refractivity contribution >= 4 is 33.8 Å². The Hall–Kier alpha value is -0.0325. The van der Waals surface area contributed by atoms with Gasteiger partial charge in [-0.3, -0.25) is 0 Å². The fourth-order valence-electron chi connectivity index (χ4n) is 4.66. The second-order valence-electron chi connectivity index (χ2n) is 11.8. The lowest BCUT2D eigenvalue weighted by atomic mass is 10.0. The van der Waals surface area contributed by atoms with Gasteiger partial charge in [-0.2, -0.15) is 0 Å². The van der Waals surface area contributed by atoms with Gasteiger partial charge in [-0.05, 0) is 75.9 Å². The van der Waals surface area contributed by atoms with E-state index >= 15 is 0 Å². The number of unbranched alkanes of at least 4 members (excludes halogenated alkanes) is 5. The highest BCUT2D eigenvalue weighted by atomic mass is 28.5. The van der Waals surface area contributed by atoms with E-state index in [4.69, 9.17) is 12.3 Å². The van der Waals surface area contributed by atoms with Crippen molar-refractivity contribution in [3.05, 3.63) is 35.9 Å². The van der Waals surface area contributed by atoms with E-state index in [-0.39, 0.29) is 0 Å². The van der Waals surface area contributed by atoms with Gasteiger partial charge in [0.25, 0.3) is 0 Å². The Morgan fingerprint density at radius 1 is 0.656 bits per heavy atom. The maximum atomic E-state index is 7.20. The molecule has 1 aromatic rings. The average Bonchev–Trinajstić information content (AvgIpc) is 2.61. The van der Waals surface area contributed by atoms with E-state index in [1.807, 2.05) is 0 Å². The molecule has 0 aliphatic rings. The summed E-state index contributed by atoms with van der Waals surface area (Å²) in [6.07, 6.45) is 7.83. The maximum Gasteiger partial charge on any atom is 0.316 e. The molecule has 0 N–H and O–H groups in total. The van der Waals surface area contributed by atoms with E-state index in [2.05, 4.69) is 96.6 Å². The zero-order chi connectivity index (χ0) is 24.5. The van der Waals surface area contributed by atoms with Gasteiger partial charge in [-0.15, -0.1) is 0 Å². The summed E-state index contributed by atoms with van der Waals surface area (Å²) in [5.74, 6) is 0.420. The van der Waals surface area contributed by atoms with Gasteiger partial charge in [0.15, 0.2) is 16.6 Å². The molecule has 1 rings (SSSR count). The molecular weight excluding hydrogens is 461 g/mol. The number of benzene rings is 1. The SMILES string of the molecule is CCCCCCCC[Si](C)(O[Si](C)(C)C)O[Si](C)(CC(C)c1ccccc1)O[Si](C)(C)C. The molecule has 0 aliphatic carbocycles. The molecule has 3 nitrogen and oxygen atoms in total. The van der Waals surface area contributed by atoms with Crippen molar-refractivity contribution < 1.29 is 12.3 Å². The smallest absolute Gasteiger partial charge is 0.316 e. The lowest BCUT2D eigenvalue weighted by molar-refractivity contribution is 0.312. The topological polar surface area (TPSA) is 27.7 Å². The molecule has 0 radical (unpaired) electrons. The minimum absolute atomic E-state index is 0.420. The summed E-state index contributed by atoms with van der Waals surface area (Å²) in [5, 5.41) is 0. The molecule has 32 heavy (non-hydrogen) atoms. The van der Waals surface area contributed by atoms with Crippen LogP contribution >= 0.6 is 0 Å². The van der Waals surface area contributed by atoms with E-state index in [1.165, 1.54) is 44.1 Å². The summed E-state index contributed by atoms with van der Waals surface area (Å²) >= 11 is 0. The van der Waals surface area contributed by atoms with Crippen LogP contribution in [0.1, 0.15) is 63.9 Å². The first-order valence-corrected chi connectivity index (χ1v) is 24.7. The van der Waals surface area contributed by atoms with Crippen molar-refractivity contribution in [1.82, 2.24) is 0 Å². The molecule has 0 saturated heterocycles. The quantitative estimate of drug-likeness (QED) is 0.163. The number of hydrogen-bond acceptors (Lipinski definition) is 3. The second-order valence-corrected chi connectivity index (χ2v) is 28.2. The van der Waals surface area contributed by atoms with Gasteiger partial charge < -0.3 is 12.3 Å². The van der Waals surface area contributed by atoms with Crippen molar-refractivity contribution in [2.75, 3.05) is 0 Å². The van der Waals surface area contributed by atoms with Gasteiger partial charge in [0.2, 0.25) is 0 Å². The van der Waals surface area contributed by atoms with Crippen LogP contribution in [-0.4, -0.2) is 33.8 Å². The van der Waals surface area contributed by atoms with E-state index in [9.17, 15) is 0 Å². The van der Waals surface area contributed by atoms with Gasteiger partial charge in [0.05, 0.1) is 0 Å². The van der Waals surface area contributed by atoms with Crippen LogP contribution in [0.5, 0.6) is 0 Å². The number of hydrogen-bond donors (Lipinski definition) is 0. The van der Waals surface area contributed by atoms with Gasteiger partial charge >= 0.3 is 17.1 Å². The molecule has 0 spiro atoms. The molecule has 0 saturated carbocycles. The minimum Gasteiger partial charge on any atom is -0.437 e. The molecule has 186 valence electrons. The summed E-state index contributed by atoms with van der Waals surface area (Å²) in [5.41, 5.74) is 1.37. The molecule has 7 heteroatoms. The van der Waals surface area contributed by atoms with Crippen molar-refractivity contribution in [2.45, 2.75) is 123 Å². The molecule has 0 heterocycles. The fraction of sp³-hybridized carbons (Fsp3) is 0.760. The highest BCUT2D eigenvalue weighted by molar-refractivity contribution is 6.89. The van der Waals surface area contributed by atoms with Crippen LogP contribution in [0.4, 0.5) is 0 Å². The molecule has 0 fully saturated rings. The molecule has 0 bridgehead atoms. The highest BCUT2D eigenvalue weighted by Gasteiger charge is 2.47. The lowest BCUT2D eigenvalue weighted by Gasteiger charge is -2.43. The molecule has 1 aromatic carbocycles. The molecule has 0 aliphatic heterocycles. The van der Waals surface area contributed by atoms with Crippen LogP contribution in [0.3, 0.4) is 0 Å². The fourth-order valence-corrected chi connectivity index (χ4v) is 23.5. The van der Waals surface area contributed by atoms with Crippen molar-refractivity contribution in [1.29, 1.82) is 0 Å². The van der Waals surface area contributed by atoms with Crippen LogP contribution in [0, 0.1) is 0 Å². The first-order valence-electron chi connectivity index (χ1n) is 12.8. The van der Waals surface area contributed by atoms with Gasteiger partial charge in [-0.25, -0.2) is 0 Å². The maximum absolute atomic E-state index is 7.20. The Labute approximate surface area is 204 Å². The zero-order valence-corrected chi connectivity index (χ0v) is 26.8. The van der Waals surface area contributed by atoms with Crippen molar-refractivity contribution in [3.63, 3.8) is 0 Å². The van der Waals surface area contributed by atoms with Crippen LogP contribution in [0.25, 0.3) is 0 Å². The summed E-state index contributed by atoms with van der Waals surface area (Å²) in [4.78, 5) is 0. The first-order chi connectivity index (χ1) is 14.7. The minimum atomic E-state index is -2.43. The molecule has 3 unspecified atom stereocenters. The third-order valence-corrected chi connectivity index (χ3v) is 19.9. The molecular formula is C25H52O3Si4. The zero-order valence-electron chi connectivity index (χ0n) is 22.8. The van der Waals surface area contributed by atoms with Gasteiger partial charge in [-0.1, -0.05) is 82.7 Å². The van der Waals surface area contributed by atoms with Crippen LogP contribution < -0.4 is 0 Å². The Balaban J connectivity index is 3.03. The average molecular weight is 513 g/mol.